The van der Waals surface area contributed by atoms with Crippen LogP contribution >= 0.6 is 0 Å². The molecule has 2 aromatic carbocycles. The second-order valence-corrected chi connectivity index (χ2v) is 4.55. The van der Waals surface area contributed by atoms with E-state index >= 15 is 0 Å². The minimum absolute atomic E-state index is 0.204. The van der Waals surface area contributed by atoms with Crippen LogP contribution in [-0.2, 0) is 6.54 Å². The fourth-order valence-corrected chi connectivity index (χ4v) is 2.11. The van der Waals surface area contributed by atoms with Gasteiger partial charge in [0.2, 0.25) is 0 Å². The summed E-state index contributed by atoms with van der Waals surface area (Å²) in [6.07, 6.45) is 0. The van der Waals surface area contributed by atoms with Crippen molar-refractivity contribution >= 4 is 22.5 Å². The quantitative estimate of drug-likeness (QED) is 0.634. The number of carbonyl (C=O) groups is 1. The van der Waals surface area contributed by atoms with E-state index in [1.807, 2.05) is 48.5 Å². The Morgan fingerprint density at radius 2 is 2.05 bits per heavy atom. The molecule has 0 aliphatic heterocycles. The van der Waals surface area contributed by atoms with Crippen molar-refractivity contribution in [3.63, 3.8) is 0 Å². The minimum Gasteiger partial charge on any atom is -0.399 e. The maximum atomic E-state index is 12.2. The van der Waals surface area contributed by atoms with Crippen LogP contribution in [0.2, 0.25) is 0 Å². The lowest BCUT2D eigenvalue weighted by Crippen LogP contribution is -2.23. The van der Waals surface area contributed by atoms with Crippen LogP contribution in [0.4, 0.5) is 5.69 Å². The van der Waals surface area contributed by atoms with Crippen LogP contribution < -0.4 is 11.1 Å². The first kappa shape index (κ1) is 12.2. The fourth-order valence-electron chi connectivity index (χ4n) is 2.11. The number of carbonyl (C=O) groups excluding carboxylic acids is 1. The third-order valence-electron chi connectivity index (χ3n) is 3.09. The van der Waals surface area contributed by atoms with Crippen LogP contribution in [0.5, 0.6) is 0 Å². The summed E-state index contributed by atoms with van der Waals surface area (Å²) in [6.45, 7) is 0.422. The van der Waals surface area contributed by atoms with Crippen molar-refractivity contribution in [3.05, 3.63) is 59.8 Å². The summed E-state index contributed by atoms with van der Waals surface area (Å²) in [5.74, 6) is -0.204. The number of nitrogens with one attached hydrogen (secondary N) is 2. The zero-order valence-electron chi connectivity index (χ0n) is 10.8. The van der Waals surface area contributed by atoms with Gasteiger partial charge >= 0.3 is 0 Å². The van der Waals surface area contributed by atoms with Crippen LogP contribution in [0.1, 0.15) is 16.1 Å². The maximum Gasteiger partial charge on any atom is 0.272 e. The van der Waals surface area contributed by atoms with Gasteiger partial charge in [0.25, 0.3) is 5.91 Å². The molecule has 20 heavy (non-hydrogen) atoms. The lowest BCUT2D eigenvalue weighted by Gasteiger charge is -2.04. The first-order chi connectivity index (χ1) is 9.74. The smallest absolute Gasteiger partial charge is 0.272 e. The zero-order valence-corrected chi connectivity index (χ0v) is 10.8. The van der Waals surface area contributed by atoms with E-state index in [1.165, 1.54) is 0 Å². The standard InChI is InChI=1S/C15H14N4O/c16-11-5-3-4-10(8-11)9-17-15(20)14-12-6-1-2-7-13(12)18-19-14/h1-8H,9,16H2,(H,17,20)(H,18,19). The highest BCUT2D eigenvalue weighted by molar-refractivity contribution is 6.04. The SMILES string of the molecule is Nc1cccc(CNC(=O)c2n[nH]c3ccccc23)c1. The highest BCUT2D eigenvalue weighted by Gasteiger charge is 2.13. The zero-order chi connectivity index (χ0) is 13.9. The van der Waals surface area contributed by atoms with Crippen molar-refractivity contribution in [2.75, 3.05) is 5.73 Å². The number of amides is 1. The molecule has 0 fully saturated rings. The number of nitrogen functional groups attached to an aromatic ring is 1. The van der Waals surface area contributed by atoms with Gasteiger partial charge in [-0.25, -0.2) is 0 Å². The Hall–Kier alpha value is -2.82. The summed E-state index contributed by atoms with van der Waals surface area (Å²) in [7, 11) is 0. The van der Waals surface area contributed by atoms with Crippen LogP contribution in [-0.4, -0.2) is 16.1 Å². The summed E-state index contributed by atoms with van der Waals surface area (Å²) < 4.78 is 0. The van der Waals surface area contributed by atoms with Crippen LogP contribution in [0.25, 0.3) is 10.9 Å². The Morgan fingerprint density at radius 1 is 1.20 bits per heavy atom. The van der Waals surface area contributed by atoms with Gasteiger partial charge in [-0.3, -0.25) is 9.89 Å². The molecule has 1 amide bonds. The fraction of sp³-hybridized carbons (Fsp3) is 0.0667. The highest BCUT2D eigenvalue weighted by atomic mass is 16.1. The summed E-state index contributed by atoms with van der Waals surface area (Å²) in [6, 6.07) is 15.0. The molecule has 1 aromatic heterocycles. The van der Waals surface area contributed by atoms with Crippen molar-refractivity contribution in [1.82, 2.24) is 15.5 Å². The van der Waals surface area contributed by atoms with Gasteiger partial charge in [0.15, 0.2) is 5.69 Å². The van der Waals surface area contributed by atoms with Crippen molar-refractivity contribution in [1.29, 1.82) is 0 Å². The monoisotopic (exact) mass is 266 g/mol. The summed E-state index contributed by atoms with van der Waals surface area (Å²) >= 11 is 0. The number of rotatable bonds is 3. The van der Waals surface area contributed by atoms with Gasteiger partial charge in [-0.15, -0.1) is 0 Å². The van der Waals surface area contributed by atoms with Gasteiger partial charge in [-0.2, -0.15) is 5.10 Å². The van der Waals surface area contributed by atoms with E-state index in [0.717, 1.165) is 16.5 Å². The van der Waals surface area contributed by atoms with E-state index in [-0.39, 0.29) is 5.91 Å². The molecule has 0 spiro atoms. The second kappa shape index (κ2) is 5.05. The molecule has 0 radical (unpaired) electrons. The van der Waals surface area contributed by atoms with E-state index < -0.39 is 0 Å². The second-order valence-electron chi connectivity index (χ2n) is 4.55. The molecule has 100 valence electrons. The third-order valence-corrected chi connectivity index (χ3v) is 3.09. The van der Waals surface area contributed by atoms with E-state index in [9.17, 15) is 4.79 Å². The largest absolute Gasteiger partial charge is 0.399 e. The number of hydrogen-bond donors (Lipinski definition) is 3. The average molecular weight is 266 g/mol. The van der Waals surface area contributed by atoms with Gasteiger partial charge in [0.1, 0.15) is 0 Å². The van der Waals surface area contributed by atoms with E-state index in [2.05, 4.69) is 15.5 Å². The predicted octanol–water partition coefficient (Wildman–Crippen LogP) is 2.08. The first-order valence-electron chi connectivity index (χ1n) is 6.30. The first-order valence-corrected chi connectivity index (χ1v) is 6.30. The topological polar surface area (TPSA) is 83.8 Å². The van der Waals surface area contributed by atoms with E-state index in [1.54, 1.807) is 0 Å². The Morgan fingerprint density at radius 3 is 2.90 bits per heavy atom. The van der Waals surface area contributed by atoms with Crippen LogP contribution in [0.3, 0.4) is 0 Å². The molecular weight excluding hydrogens is 252 g/mol. The average Bonchev–Trinajstić information content (AvgIpc) is 2.89. The highest BCUT2D eigenvalue weighted by Crippen LogP contribution is 2.15. The molecule has 3 rings (SSSR count). The molecule has 0 saturated heterocycles. The number of hydrogen-bond acceptors (Lipinski definition) is 3. The molecule has 0 saturated carbocycles. The van der Waals surface area contributed by atoms with Gasteiger partial charge in [-0.05, 0) is 23.8 Å². The van der Waals surface area contributed by atoms with E-state index in [4.69, 9.17) is 5.73 Å². The third kappa shape index (κ3) is 2.33. The molecule has 3 aromatic rings. The molecule has 5 nitrogen and oxygen atoms in total. The number of fused-ring (bicyclic) bond motifs is 1. The summed E-state index contributed by atoms with van der Waals surface area (Å²) in [5.41, 5.74) is 8.60. The molecule has 1 heterocycles. The number of aromatic nitrogens is 2. The Kier molecular flexibility index (Phi) is 3.09. The number of para-hydroxylation sites is 1. The van der Waals surface area contributed by atoms with E-state index in [0.29, 0.717) is 17.9 Å². The number of H-pyrrole nitrogens is 1. The van der Waals surface area contributed by atoms with Crippen molar-refractivity contribution in [2.45, 2.75) is 6.54 Å². The van der Waals surface area contributed by atoms with Crippen molar-refractivity contribution < 1.29 is 4.79 Å². The molecule has 0 unspecified atom stereocenters. The normalized spacial score (nSPS) is 10.6. The van der Waals surface area contributed by atoms with Gasteiger partial charge in [0.05, 0.1) is 5.52 Å². The molecule has 5 heteroatoms. The number of nitrogens with two attached hydrogens (primary N) is 1. The van der Waals surface area contributed by atoms with Crippen LogP contribution in [0, 0.1) is 0 Å². The molecule has 4 N–H and O–H groups in total. The Labute approximate surface area is 115 Å². The lowest BCUT2D eigenvalue weighted by atomic mass is 10.2. The maximum absolute atomic E-state index is 12.2. The van der Waals surface area contributed by atoms with Crippen molar-refractivity contribution in [3.8, 4) is 0 Å². The number of nitrogens with zero attached hydrogens (tertiary/aromatic N) is 1. The summed E-state index contributed by atoms with van der Waals surface area (Å²) in [4.78, 5) is 12.2. The Balaban J connectivity index is 1.76. The molecule has 0 atom stereocenters. The number of anilines is 1. The Bertz CT molecular complexity index is 763. The summed E-state index contributed by atoms with van der Waals surface area (Å²) in [5, 5.41) is 10.6. The predicted molar refractivity (Wildman–Crippen MR) is 78.1 cm³/mol. The molecular formula is C15H14N4O. The molecule has 0 bridgehead atoms. The lowest BCUT2D eigenvalue weighted by molar-refractivity contribution is 0.0947. The number of aromatic amines is 1. The molecule has 0 aliphatic rings. The van der Waals surface area contributed by atoms with Crippen molar-refractivity contribution in [2.24, 2.45) is 0 Å². The van der Waals surface area contributed by atoms with Gasteiger partial charge < -0.3 is 11.1 Å². The molecule has 0 aliphatic carbocycles. The van der Waals surface area contributed by atoms with Gasteiger partial charge in [0, 0.05) is 17.6 Å². The van der Waals surface area contributed by atoms with Crippen LogP contribution in [0.15, 0.2) is 48.5 Å². The minimum atomic E-state index is -0.204. The van der Waals surface area contributed by atoms with Gasteiger partial charge in [-0.1, -0.05) is 30.3 Å². The number of benzene rings is 2.